The fraction of sp³-hybridized carbons (Fsp3) is 0.143. The number of esters is 1. The summed E-state index contributed by atoms with van der Waals surface area (Å²) in [5.41, 5.74) is -0.107. The van der Waals surface area contributed by atoms with E-state index in [2.05, 4.69) is 25.7 Å². The van der Waals surface area contributed by atoms with Gasteiger partial charge in [0.2, 0.25) is 5.88 Å². The van der Waals surface area contributed by atoms with E-state index in [1.165, 1.54) is 13.2 Å². The molecule has 0 amide bonds. The summed E-state index contributed by atoms with van der Waals surface area (Å²) < 4.78 is 4.72. The molecule has 6 heteroatoms. The lowest BCUT2D eigenvalue weighted by Gasteiger charge is -2.02. The topological polar surface area (TPSA) is 59.4 Å². The molecule has 1 heterocycles. The number of carbonyl (C=O) groups excluding carboxylic acids is 1. The molecule has 1 aromatic rings. The third kappa shape index (κ3) is 2.10. The highest BCUT2D eigenvalue weighted by molar-refractivity contribution is 9.10. The van der Waals surface area contributed by atoms with Crippen LogP contribution in [0, 0.1) is 0 Å². The van der Waals surface area contributed by atoms with E-state index in [9.17, 15) is 4.79 Å². The number of ether oxygens (including phenoxy) is 1. The van der Waals surface area contributed by atoms with Crippen molar-refractivity contribution in [1.82, 2.24) is 4.98 Å². The molecule has 0 atom stereocenters. The second kappa shape index (κ2) is 3.93. The molecule has 1 aromatic heterocycles. The molecule has 0 fully saturated rings. The second-order valence-electron chi connectivity index (χ2n) is 2.12. The predicted octanol–water partition coefficient (Wildman–Crippen LogP) is 1.99. The Morgan fingerprint density at radius 3 is 2.92 bits per heavy atom. The SMILES string of the molecule is COC(=O)c1nc(O)c(Br)cc1Cl. The fourth-order valence-electron chi connectivity index (χ4n) is 0.697. The fourth-order valence-corrected chi connectivity index (χ4v) is 1.37. The number of methoxy groups -OCH3 is 1. The summed E-state index contributed by atoms with van der Waals surface area (Å²) in [6, 6.07) is 1.37. The molecule has 0 aliphatic rings. The molecule has 0 saturated heterocycles. The van der Waals surface area contributed by atoms with Gasteiger partial charge in [0.15, 0.2) is 5.69 Å². The van der Waals surface area contributed by atoms with Crippen LogP contribution < -0.4 is 0 Å². The maximum Gasteiger partial charge on any atom is 0.358 e. The molecule has 1 N–H and O–H groups in total. The monoisotopic (exact) mass is 265 g/mol. The molecular weight excluding hydrogens is 261 g/mol. The Labute approximate surface area is 87.6 Å². The average molecular weight is 266 g/mol. The maximum atomic E-state index is 11.0. The lowest BCUT2D eigenvalue weighted by Crippen LogP contribution is -2.05. The second-order valence-corrected chi connectivity index (χ2v) is 3.38. The van der Waals surface area contributed by atoms with Gasteiger partial charge in [0.25, 0.3) is 0 Å². The number of aromatic nitrogens is 1. The Balaban J connectivity index is 3.23. The van der Waals surface area contributed by atoms with Gasteiger partial charge in [-0.1, -0.05) is 11.6 Å². The third-order valence-electron chi connectivity index (χ3n) is 1.29. The van der Waals surface area contributed by atoms with E-state index in [1.807, 2.05) is 0 Å². The summed E-state index contributed by atoms with van der Waals surface area (Å²) in [6.07, 6.45) is 0. The van der Waals surface area contributed by atoms with Crippen molar-refractivity contribution >= 4 is 33.5 Å². The normalized spacial score (nSPS) is 9.77. The van der Waals surface area contributed by atoms with Gasteiger partial charge in [-0.2, -0.15) is 0 Å². The van der Waals surface area contributed by atoms with Gasteiger partial charge in [-0.25, -0.2) is 9.78 Å². The van der Waals surface area contributed by atoms with Crippen LogP contribution in [-0.2, 0) is 4.74 Å². The Kier molecular flexibility index (Phi) is 3.11. The van der Waals surface area contributed by atoms with Crippen molar-refractivity contribution in [2.75, 3.05) is 7.11 Å². The van der Waals surface area contributed by atoms with Gasteiger partial charge < -0.3 is 9.84 Å². The zero-order chi connectivity index (χ0) is 10.0. The first-order chi connectivity index (χ1) is 6.06. The van der Waals surface area contributed by atoms with Crippen LogP contribution in [0.25, 0.3) is 0 Å². The Morgan fingerprint density at radius 2 is 2.38 bits per heavy atom. The lowest BCUT2D eigenvalue weighted by atomic mass is 10.3. The van der Waals surface area contributed by atoms with Crippen molar-refractivity contribution in [1.29, 1.82) is 0 Å². The summed E-state index contributed by atoms with van der Waals surface area (Å²) in [5, 5.41) is 9.27. The van der Waals surface area contributed by atoms with E-state index in [1.54, 1.807) is 0 Å². The minimum absolute atomic E-state index is 0.107. The van der Waals surface area contributed by atoms with Crippen LogP contribution >= 0.6 is 27.5 Å². The Morgan fingerprint density at radius 1 is 1.77 bits per heavy atom. The molecule has 0 aliphatic carbocycles. The quantitative estimate of drug-likeness (QED) is 0.790. The number of rotatable bonds is 1. The molecule has 1 rings (SSSR count). The van der Waals surface area contributed by atoms with Crippen LogP contribution in [0.15, 0.2) is 10.5 Å². The highest BCUT2D eigenvalue weighted by Crippen LogP contribution is 2.27. The molecule has 0 aliphatic heterocycles. The van der Waals surface area contributed by atoms with E-state index in [0.29, 0.717) is 4.47 Å². The highest BCUT2D eigenvalue weighted by Gasteiger charge is 2.15. The van der Waals surface area contributed by atoms with Gasteiger partial charge in [-0.15, -0.1) is 0 Å². The Hall–Kier alpha value is -0.810. The minimum Gasteiger partial charge on any atom is -0.492 e. The van der Waals surface area contributed by atoms with Crippen molar-refractivity contribution in [2.24, 2.45) is 0 Å². The van der Waals surface area contributed by atoms with Crippen molar-refractivity contribution in [3.63, 3.8) is 0 Å². The zero-order valence-electron chi connectivity index (χ0n) is 6.54. The van der Waals surface area contributed by atoms with Gasteiger partial charge in [0.05, 0.1) is 16.6 Å². The molecule has 4 nitrogen and oxygen atoms in total. The standard InChI is InChI=1S/C7H5BrClNO3/c1-13-7(12)5-4(9)2-3(8)6(11)10-5/h2H,1H3,(H,10,11). The molecule has 13 heavy (non-hydrogen) atoms. The number of aromatic hydroxyl groups is 1. The van der Waals surface area contributed by atoms with Gasteiger partial charge in [-0.05, 0) is 22.0 Å². The first kappa shape index (κ1) is 10.3. The number of hydrogen-bond acceptors (Lipinski definition) is 4. The molecule has 0 radical (unpaired) electrons. The van der Waals surface area contributed by atoms with Gasteiger partial charge in [0, 0.05) is 0 Å². The number of hydrogen-bond donors (Lipinski definition) is 1. The average Bonchev–Trinajstić information content (AvgIpc) is 2.10. The van der Waals surface area contributed by atoms with Crippen molar-refractivity contribution in [2.45, 2.75) is 0 Å². The smallest absolute Gasteiger partial charge is 0.358 e. The van der Waals surface area contributed by atoms with Crippen molar-refractivity contribution in [3.05, 3.63) is 21.3 Å². The van der Waals surface area contributed by atoms with Crippen LogP contribution in [0.5, 0.6) is 5.88 Å². The summed E-state index contributed by atoms with van der Waals surface area (Å²) >= 11 is 8.67. The first-order valence-corrected chi connectivity index (χ1v) is 4.36. The van der Waals surface area contributed by atoms with E-state index in [4.69, 9.17) is 16.7 Å². The maximum absolute atomic E-state index is 11.0. The van der Waals surface area contributed by atoms with Crippen LogP contribution in [0.3, 0.4) is 0 Å². The minimum atomic E-state index is -0.687. The lowest BCUT2D eigenvalue weighted by molar-refractivity contribution is 0.0593. The van der Waals surface area contributed by atoms with E-state index in [-0.39, 0.29) is 16.6 Å². The highest BCUT2D eigenvalue weighted by atomic mass is 79.9. The van der Waals surface area contributed by atoms with Crippen molar-refractivity contribution in [3.8, 4) is 5.88 Å². The van der Waals surface area contributed by atoms with Crippen LogP contribution in [-0.4, -0.2) is 23.2 Å². The Bertz CT molecular complexity index is 356. The van der Waals surface area contributed by atoms with E-state index >= 15 is 0 Å². The zero-order valence-corrected chi connectivity index (χ0v) is 8.89. The van der Waals surface area contributed by atoms with Gasteiger partial charge >= 0.3 is 5.97 Å². The predicted molar refractivity (Wildman–Crippen MR) is 50.0 cm³/mol. The van der Waals surface area contributed by atoms with E-state index < -0.39 is 5.97 Å². The molecule has 0 unspecified atom stereocenters. The van der Waals surface area contributed by atoms with Gasteiger partial charge in [-0.3, -0.25) is 0 Å². The number of carbonyl (C=O) groups is 1. The summed E-state index contributed by atoms with van der Waals surface area (Å²) in [5.74, 6) is -0.988. The van der Waals surface area contributed by atoms with Crippen LogP contribution in [0.1, 0.15) is 10.5 Å². The molecule has 0 spiro atoms. The molecular formula is C7H5BrClNO3. The molecule has 0 bridgehead atoms. The van der Waals surface area contributed by atoms with E-state index in [0.717, 1.165) is 0 Å². The number of pyridine rings is 1. The van der Waals surface area contributed by atoms with Crippen LogP contribution in [0.4, 0.5) is 0 Å². The largest absolute Gasteiger partial charge is 0.492 e. The summed E-state index contributed by atoms with van der Waals surface area (Å²) in [7, 11) is 1.21. The summed E-state index contributed by atoms with van der Waals surface area (Å²) in [6.45, 7) is 0. The number of halogens is 2. The molecule has 0 saturated carbocycles. The third-order valence-corrected chi connectivity index (χ3v) is 2.16. The molecule has 70 valence electrons. The summed E-state index contributed by atoms with van der Waals surface area (Å²) in [4.78, 5) is 14.5. The van der Waals surface area contributed by atoms with Crippen LogP contribution in [0.2, 0.25) is 5.02 Å². The van der Waals surface area contributed by atoms with Gasteiger partial charge in [0.1, 0.15) is 0 Å². The van der Waals surface area contributed by atoms with Crippen molar-refractivity contribution < 1.29 is 14.6 Å². The number of nitrogens with zero attached hydrogens (tertiary/aromatic N) is 1. The first-order valence-electron chi connectivity index (χ1n) is 3.19. The molecule has 0 aromatic carbocycles.